The highest BCUT2D eigenvalue weighted by Gasteiger charge is 2.53. The van der Waals surface area contributed by atoms with Crippen LogP contribution >= 0.6 is 0 Å². The summed E-state index contributed by atoms with van der Waals surface area (Å²) in [7, 11) is 0. The molecule has 1 unspecified atom stereocenters. The van der Waals surface area contributed by atoms with Crippen LogP contribution in [-0.4, -0.2) is 12.6 Å². The summed E-state index contributed by atoms with van der Waals surface area (Å²) < 4.78 is 0. The predicted octanol–water partition coefficient (Wildman–Crippen LogP) is 13.8. The lowest BCUT2D eigenvalue weighted by Gasteiger charge is -2.33. The van der Waals surface area contributed by atoms with Crippen molar-refractivity contribution in [1.29, 1.82) is 0 Å². The summed E-state index contributed by atoms with van der Waals surface area (Å²) >= 11 is 0. The summed E-state index contributed by atoms with van der Waals surface area (Å²) in [6.45, 7) is 4.03. The Balaban J connectivity index is 1.15. The molecule has 58 heavy (non-hydrogen) atoms. The number of aliphatic imine (C=N–C) groups is 2. The summed E-state index contributed by atoms with van der Waals surface area (Å²) in [4.78, 5) is 10.1. The lowest BCUT2D eigenvalue weighted by atomic mass is 9.68. The van der Waals surface area contributed by atoms with Crippen LogP contribution in [0.1, 0.15) is 33.4 Å². The van der Waals surface area contributed by atoms with Crippen LogP contribution in [0.25, 0.3) is 60.6 Å². The van der Waals surface area contributed by atoms with E-state index in [0.717, 1.165) is 16.8 Å². The Hall–Kier alpha value is -7.42. The first-order chi connectivity index (χ1) is 28.7. The highest BCUT2D eigenvalue weighted by Crippen LogP contribution is 2.63. The van der Waals surface area contributed by atoms with Crippen molar-refractivity contribution < 1.29 is 0 Å². The van der Waals surface area contributed by atoms with E-state index < -0.39 is 5.41 Å². The van der Waals surface area contributed by atoms with Crippen molar-refractivity contribution >= 4 is 39.8 Å². The standard InChI is InChI=1S/C56H38N2/c1-57-55(41-16-3-2-4-17-41)58-54-49-23-10-12-25-51(49)56(53(54)36-45-20-13-19-40-15-7-8-21-46(40)45)50-24-11-9-22-47(50)48-33-32-44(35-52(48)56)39-28-26-38(27-29-39)43-31-30-37-14-5-6-18-42(37)34-43/h2-35H,1,36H2/b58-55-. The Labute approximate surface area is 338 Å². The fourth-order valence-electron chi connectivity index (χ4n) is 9.68. The number of amidine groups is 1. The van der Waals surface area contributed by atoms with Crippen LogP contribution in [0.4, 0.5) is 0 Å². The minimum Gasteiger partial charge on any atom is -0.245 e. The lowest BCUT2D eigenvalue weighted by molar-refractivity contribution is 0.741. The number of allylic oxidation sites excluding steroid dienone is 1. The zero-order chi connectivity index (χ0) is 38.6. The van der Waals surface area contributed by atoms with Crippen LogP contribution in [0.3, 0.4) is 0 Å². The third-order valence-corrected chi connectivity index (χ3v) is 12.3. The molecule has 0 aliphatic heterocycles. The van der Waals surface area contributed by atoms with Gasteiger partial charge in [-0.2, -0.15) is 0 Å². The summed E-state index contributed by atoms with van der Waals surface area (Å²) in [6.07, 6.45) is 0.701. The summed E-state index contributed by atoms with van der Waals surface area (Å²) in [6, 6.07) is 74.9. The van der Waals surface area contributed by atoms with Gasteiger partial charge in [-0.05, 0) is 108 Å². The number of hydrogen-bond acceptors (Lipinski definition) is 1. The summed E-state index contributed by atoms with van der Waals surface area (Å²) in [5.41, 5.74) is 16.1. The maximum absolute atomic E-state index is 5.53. The number of benzene rings is 9. The first kappa shape index (κ1) is 33.9. The van der Waals surface area contributed by atoms with Gasteiger partial charge in [0.2, 0.25) is 0 Å². The molecule has 0 heterocycles. The van der Waals surface area contributed by atoms with Crippen molar-refractivity contribution in [2.75, 3.05) is 0 Å². The van der Waals surface area contributed by atoms with Crippen LogP contribution in [0.5, 0.6) is 0 Å². The molecule has 0 saturated carbocycles. The zero-order valence-electron chi connectivity index (χ0n) is 31.9. The normalized spacial score (nSPS) is 15.5. The molecule has 0 aromatic heterocycles. The van der Waals surface area contributed by atoms with Gasteiger partial charge in [0, 0.05) is 11.1 Å². The van der Waals surface area contributed by atoms with Gasteiger partial charge in [0.15, 0.2) is 5.84 Å². The Morgan fingerprint density at radius 3 is 1.78 bits per heavy atom. The Bertz CT molecular complexity index is 3150. The van der Waals surface area contributed by atoms with E-state index in [1.165, 1.54) is 82.8 Å². The number of fused-ring (bicyclic) bond motifs is 9. The SMILES string of the molecule is C=N/C(=N\C1=C(Cc2cccc3ccccc23)C2(c3ccccc31)c1ccccc1-c1ccc(-c3ccc(-c4ccc5ccccc5c4)cc3)cc12)c1ccccc1. The van der Waals surface area contributed by atoms with Gasteiger partial charge in [-0.25, -0.2) is 9.98 Å². The molecule has 2 nitrogen and oxygen atoms in total. The molecular weight excluding hydrogens is 701 g/mol. The highest BCUT2D eigenvalue weighted by molar-refractivity contribution is 6.06. The molecule has 2 heteroatoms. The fourth-order valence-corrected chi connectivity index (χ4v) is 9.68. The van der Waals surface area contributed by atoms with E-state index >= 15 is 0 Å². The van der Waals surface area contributed by atoms with Crippen molar-refractivity contribution in [3.63, 3.8) is 0 Å². The number of hydrogen-bond donors (Lipinski definition) is 0. The van der Waals surface area contributed by atoms with Gasteiger partial charge in [-0.3, -0.25) is 0 Å². The quantitative estimate of drug-likeness (QED) is 0.120. The van der Waals surface area contributed by atoms with Crippen molar-refractivity contribution in [2.24, 2.45) is 9.98 Å². The van der Waals surface area contributed by atoms with E-state index in [9.17, 15) is 0 Å². The third-order valence-electron chi connectivity index (χ3n) is 12.3. The molecule has 1 spiro atoms. The molecule has 0 N–H and O–H groups in total. The molecule has 9 aromatic carbocycles. The van der Waals surface area contributed by atoms with Crippen molar-refractivity contribution in [2.45, 2.75) is 11.8 Å². The van der Waals surface area contributed by atoms with Crippen molar-refractivity contribution in [1.82, 2.24) is 0 Å². The lowest BCUT2D eigenvalue weighted by Crippen LogP contribution is -2.28. The van der Waals surface area contributed by atoms with Crippen LogP contribution in [0.15, 0.2) is 222 Å². The molecular formula is C56H38N2. The molecule has 0 radical (unpaired) electrons. The van der Waals surface area contributed by atoms with Crippen LogP contribution in [0.2, 0.25) is 0 Å². The minimum absolute atomic E-state index is 0.595. The first-order valence-corrected chi connectivity index (χ1v) is 20.0. The largest absolute Gasteiger partial charge is 0.245 e. The highest BCUT2D eigenvalue weighted by atomic mass is 14.9. The molecule has 0 fully saturated rings. The Kier molecular flexibility index (Phi) is 7.97. The predicted molar refractivity (Wildman–Crippen MR) is 244 cm³/mol. The second kappa shape index (κ2) is 13.7. The number of nitrogens with zero attached hydrogens (tertiary/aromatic N) is 2. The Morgan fingerprint density at radius 1 is 0.431 bits per heavy atom. The Morgan fingerprint density at radius 2 is 1.00 bits per heavy atom. The molecule has 9 aromatic rings. The van der Waals surface area contributed by atoms with Gasteiger partial charge in [-0.1, -0.05) is 194 Å². The monoisotopic (exact) mass is 738 g/mol. The second-order valence-electron chi connectivity index (χ2n) is 15.3. The molecule has 272 valence electrons. The summed E-state index contributed by atoms with van der Waals surface area (Å²) in [5.74, 6) is 0.615. The third kappa shape index (κ3) is 5.26. The average Bonchev–Trinajstić information content (AvgIpc) is 3.74. The molecule has 0 saturated heterocycles. The van der Waals surface area contributed by atoms with E-state index in [-0.39, 0.29) is 0 Å². The van der Waals surface area contributed by atoms with Crippen LogP contribution in [-0.2, 0) is 11.8 Å². The van der Waals surface area contributed by atoms with Gasteiger partial charge >= 0.3 is 0 Å². The summed E-state index contributed by atoms with van der Waals surface area (Å²) in [5, 5.41) is 4.99. The minimum atomic E-state index is -0.595. The van der Waals surface area contributed by atoms with Crippen LogP contribution < -0.4 is 0 Å². The molecule has 2 aliphatic carbocycles. The second-order valence-corrected chi connectivity index (χ2v) is 15.3. The maximum atomic E-state index is 5.53. The molecule has 11 rings (SSSR count). The van der Waals surface area contributed by atoms with E-state index in [4.69, 9.17) is 4.99 Å². The molecule has 0 amide bonds. The molecule has 0 bridgehead atoms. The van der Waals surface area contributed by atoms with E-state index in [2.05, 4.69) is 200 Å². The van der Waals surface area contributed by atoms with E-state index in [0.29, 0.717) is 12.3 Å². The average molecular weight is 739 g/mol. The van der Waals surface area contributed by atoms with Crippen molar-refractivity contribution in [3.8, 4) is 33.4 Å². The van der Waals surface area contributed by atoms with Crippen molar-refractivity contribution in [3.05, 3.63) is 245 Å². The zero-order valence-corrected chi connectivity index (χ0v) is 31.9. The van der Waals surface area contributed by atoms with E-state index in [1.807, 2.05) is 18.2 Å². The molecule has 2 aliphatic rings. The number of rotatable bonds is 6. The topological polar surface area (TPSA) is 24.7 Å². The van der Waals surface area contributed by atoms with Gasteiger partial charge in [-0.15, -0.1) is 0 Å². The molecule has 1 atom stereocenters. The van der Waals surface area contributed by atoms with Gasteiger partial charge in [0.05, 0.1) is 11.1 Å². The maximum Gasteiger partial charge on any atom is 0.159 e. The fraction of sp³-hybridized carbons (Fsp3) is 0.0357. The van der Waals surface area contributed by atoms with Gasteiger partial charge < -0.3 is 0 Å². The van der Waals surface area contributed by atoms with Gasteiger partial charge in [0.25, 0.3) is 0 Å². The van der Waals surface area contributed by atoms with Gasteiger partial charge in [0.1, 0.15) is 0 Å². The first-order valence-electron chi connectivity index (χ1n) is 20.0. The van der Waals surface area contributed by atoms with E-state index in [1.54, 1.807) is 0 Å². The smallest absolute Gasteiger partial charge is 0.159 e. The van der Waals surface area contributed by atoms with Crippen LogP contribution in [0, 0.1) is 0 Å².